The van der Waals surface area contributed by atoms with Gasteiger partial charge in [0.2, 0.25) is 0 Å². The van der Waals surface area contributed by atoms with Crippen LogP contribution in [0.2, 0.25) is 12.1 Å². The van der Waals surface area contributed by atoms with Crippen molar-refractivity contribution < 1.29 is 8.85 Å². The van der Waals surface area contributed by atoms with Crippen LogP contribution in [0.5, 0.6) is 0 Å². The smallest absolute Gasteiger partial charge is 0.337 e. The summed E-state index contributed by atoms with van der Waals surface area (Å²) in [5.74, 6) is 0. The van der Waals surface area contributed by atoms with Gasteiger partial charge in [-0.25, -0.2) is 0 Å². The molecule has 0 unspecified atom stereocenters. The number of rotatable bonds is 9. The van der Waals surface area contributed by atoms with Gasteiger partial charge in [0.05, 0.1) is 0 Å². The predicted octanol–water partition coefficient (Wildman–Crippen LogP) is 4.15. The Hall–Kier alpha value is -0.643. The summed E-state index contributed by atoms with van der Waals surface area (Å²) in [7, 11) is -1.92. The fourth-order valence-electron chi connectivity index (χ4n) is 1.99. The second kappa shape index (κ2) is 8.46. The van der Waals surface area contributed by atoms with Crippen molar-refractivity contribution in [2.45, 2.75) is 45.7 Å². The molecule has 0 saturated carbocycles. The summed E-state index contributed by atoms with van der Waals surface area (Å²) in [4.78, 5) is 0. The summed E-state index contributed by atoms with van der Waals surface area (Å²) >= 11 is 0. The molecule has 0 N–H and O–H groups in total. The van der Waals surface area contributed by atoms with Crippen molar-refractivity contribution in [3.8, 4) is 0 Å². The second-order valence-corrected chi connectivity index (χ2v) is 8.36. The van der Waals surface area contributed by atoms with Gasteiger partial charge in [-0.1, -0.05) is 51.1 Å². The summed E-state index contributed by atoms with van der Waals surface area (Å²) in [6, 6.07) is 12.6. The van der Waals surface area contributed by atoms with Crippen LogP contribution in [-0.4, -0.2) is 21.8 Å². The van der Waals surface area contributed by atoms with Gasteiger partial charge in [0, 0.05) is 13.2 Å². The Morgan fingerprint density at radius 3 is 2.06 bits per heavy atom. The Kier molecular flexibility index (Phi) is 7.24. The van der Waals surface area contributed by atoms with Crippen molar-refractivity contribution in [2.75, 3.05) is 13.2 Å². The molecule has 1 rings (SSSR count). The van der Waals surface area contributed by atoms with E-state index in [1.807, 2.05) is 6.07 Å². The average molecular weight is 266 g/mol. The molecule has 1 aromatic rings. The molecule has 2 nitrogen and oxygen atoms in total. The summed E-state index contributed by atoms with van der Waals surface area (Å²) in [5.41, 5.74) is 1.34. The van der Waals surface area contributed by atoms with Crippen molar-refractivity contribution in [3.05, 3.63) is 35.9 Å². The third kappa shape index (κ3) is 4.92. The SMILES string of the molecule is CCCO[Si](CC)(CC)OCCc1ccccc1. The average Bonchev–Trinajstić information content (AvgIpc) is 2.44. The van der Waals surface area contributed by atoms with E-state index in [-0.39, 0.29) is 0 Å². The first kappa shape index (κ1) is 15.4. The topological polar surface area (TPSA) is 18.5 Å². The van der Waals surface area contributed by atoms with E-state index in [0.29, 0.717) is 0 Å². The molecular weight excluding hydrogens is 240 g/mol. The van der Waals surface area contributed by atoms with E-state index >= 15 is 0 Å². The normalized spacial score (nSPS) is 11.7. The number of benzene rings is 1. The van der Waals surface area contributed by atoms with Crippen LogP contribution >= 0.6 is 0 Å². The molecule has 18 heavy (non-hydrogen) atoms. The lowest BCUT2D eigenvalue weighted by Gasteiger charge is -2.28. The zero-order valence-corrected chi connectivity index (χ0v) is 12.9. The maximum atomic E-state index is 6.15. The summed E-state index contributed by atoms with van der Waals surface area (Å²) < 4.78 is 12.2. The lowest BCUT2D eigenvalue weighted by atomic mass is 10.2. The summed E-state index contributed by atoms with van der Waals surface area (Å²) in [6.45, 7) is 8.14. The molecule has 0 aliphatic carbocycles. The van der Waals surface area contributed by atoms with Gasteiger partial charge in [0.15, 0.2) is 0 Å². The van der Waals surface area contributed by atoms with Crippen molar-refractivity contribution in [3.63, 3.8) is 0 Å². The first-order chi connectivity index (χ1) is 8.76. The molecule has 0 spiro atoms. The van der Waals surface area contributed by atoms with Crippen molar-refractivity contribution in [2.24, 2.45) is 0 Å². The maximum absolute atomic E-state index is 6.15. The van der Waals surface area contributed by atoms with E-state index in [1.54, 1.807) is 0 Å². The van der Waals surface area contributed by atoms with Gasteiger partial charge in [-0.3, -0.25) is 0 Å². The quantitative estimate of drug-likeness (QED) is 0.625. The largest absolute Gasteiger partial charge is 0.394 e. The Balaban J connectivity index is 2.42. The maximum Gasteiger partial charge on any atom is 0.337 e. The molecular formula is C15H26O2Si. The molecule has 0 atom stereocenters. The van der Waals surface area contributed by atoms with Gasteiger partial charge < -0.3 is 8.85 Å². The highest BCUT2D eigenvalue weighted by molar-refractivity contribution is 6.67. The molecule has 0 amide bonds. The van der Waals surface area contributed by atoms with Gasteiger partial charge >= 0.3 is 8.56 Å². The van der Waals surface area contributed by atoms with Crippen molar-refractivity contribution in [1.29, 1.82) is 0 Å². The third-order valence-corrected chi connectivity index (χ3v) is 6.86. The van der Waals surface area contributed by atoms with Crippen LogP contribution in [0.25, 0.3) is 0 Å². The predicted molar refractivity (Wildman–Crippen MR) is 79.1 cm³/mol. The zero-order chi connectivity index (χ0) is 13.3. The van der Waals surface area contributed by atoms with Crippen LogP contribution in [0, 0.1) is 0 Å². The van der Waals surface area contributed by atoms with Gasteiger partial charge in [-0.15, -0.1) is 0 Å². The number of hydrogen-bond donors (Lipinski definition) is 0. The van der Waals surface area contributed by atoms with Gasteiger partial charge in [-0.2, -0.15) is 0 Å². The highest BCUT2D eigenvalue weighted by Crippen LogP contribution is 2.19. The molecule has 0 fully saturated rings. The lowest BCUT2D eigenvalue weighted by Crippen LogP contribution is -2.41. The molecule has 102 valence electrons. The molecule has 0 aromatic heterocycles. The van der Waals surface area contributed by atoms with Crippen LogP contribution in [0.15, 0.2) is 30.3 Å². The molecule has 0 bridgehead atoms. The first-order valence-electron chi connectivity index (χ1n) is 7.08. The highest BCUT2D eigenvalue weighted by atomic mass is 28.4. The number of hydrogen-bond acceptors (Lipinski definition) is 2. The van der Waals surface area contributed by atoms with Gasteiger partial charge in [0.25, 0.3) is 0 Å². The Morgan fingerprint density at radius 1 is 0.889 bits per heavy atom. The molecule has 0 radical (unpaired) electrons. The third-order valence-electron chi connectivity index (χ3n) is 3.25. The molecule has 0 aliphatic heterocycles. The lowest BCUT2D eigenvalue weighted by molar-refractivity contribution is 0.170. The Bertz CT molecular complexity index is 310. The van der Waals surface area contributed by atoms with E-state index in [4.69, 9.17) is 8.85 Å². The Morgan fingerprint density at radius 2 is 1.50 bits per heavy atom. The van der Waals surface area contributed by atoms with E-state index in [2.05, 4.69) is 45.0 Å². The fourth-order valence-corrected chi connectivity index (χ4v) is 4.44. The minimum atomic E-state index is -1.92. The molecule has 0 saturated heterocycles. The minimum Gasteiger partial charge on any atom is -0.394 e. The van der Waals surface area contributed by atoms with Crippen molar-refractivity contribution in [1.82, 2.24) is 0 Å². The van der Waals surface area contributed by atoms with Crippen LogP contribution in [-0.2, 0) is 15.3 Å². The van der Waals surface area contributed by atoms with Gasteiger partial charge in [0.1, 0.15) is 0 Å². The van der Waals surface area contributed by atoms with Crippen LogP contribution in [0.4, 0.5) is 0 Å². The molecule has 1 aromatic carbocycles. The van der Waals surface area contributed by atoms with E-state index in [9.17, 15) is 0 Å². The summed E-state index contributed by atoms with van der Waals surface area (Å²) in [5, 5.41) is 0. The van der Waals surface area contributed by atoms with Crippen LogP contribution in [0.1, 0.15) is 32.8 Å². The monoisotopic (exact) mass is 266 g/mol. The minimum absolute atomic E-state index is 0.779. The highest BCUT2D eigenvalue weighted by Gasteiger charge is 2.33. The van der Waals surface area contributed by atoms with Crippen molar-refractivity contribution >= 4 is 8.56 Å². The van der Waals surface area contributed by atoms with Crippen LogP contribution in [0.3, 0.4) is 0 Å². The molecule has 3 heteroatoms. The van der Waals surface area contributed by atoms with Gasteiger partial charge in [-0.05, 0) is 30.5 Å². The van der Waals surface area contributed by atoms with Crippen LogP contribution < -0.4 is 0 Å². The first-order valence-corrected chi connectivity index (χ1v) is 9.31. The zero-order valence-electron chi connectivity index (χ0n) is 11.9. The Labute approximate surface area is 113 Å². The van der Waals surface area contributed by atoms with E-state index in [0.717, 1.165) is 38.1 Å². The second-order valence-electron chi connectivity index (χ2n) is 4.55. The summed E-state index contributed by atoms with van der Waals surface area (Å²) in [6.07, 6.45) is 2.04. The van der Waals surface area contributed by atoms with E-state index < -0.39 is 8.56 Å². The molecule has 0 heterocycles. The van der Waals surface area contributed by atoms with E-state index in [1.165, 1.54) is 5.56 Å². The standard InChI is InChI=1S/C15H26O2Si/c1-4-13-16-18(5-2,6-3)17-14-12-15-10-8-7-9-11-15/h7-11H,4-6,12-14H2,1-3H3. The fraction of sp³-hybridized carbons (Fsp3) is 0.600. The molecule has 0 aliphatic rings.